The number of hydrogen-bond donors (Lipinski definition) is 0. The molecule has 0 aliphatic carbocycles. The van der Waals surface area contributed by atoms with Gasteiger partial charge in [-0.25, -0.2) is 9.78 Å². The lowest BCUT2D eigenvalue weighted by atomic mass is 10.1. The molecular weight excluding hydrogens is 322 g/mol. The van der Waals surface area contributed by atoms with Gasteiger partial charge in [0, 0.05) is 10.0 Å². The zero-order valence-corrected chi connectivity index (χ0v) is 12.4. The minimum absolute atomic E-state index is 0.0869. The summed E-state index contributed by atoms with van der Waals surface area (Å²) in [6, 6.07) is 10.8. The van der Waals surface area contributed by atoms with E-state index in [0.29, 0.717) is 12.0 Å². The Morgan fingerprint density at radius 3 is 2.55 bits per heavy atom. The van der Waals surface area contributed by atoms with Gasteiger partial charge in [0.15, 0.2) is 6.29 Å². The first-order chi connectivity index (χ1) is 9.65. The number of carbonyl (C=O) groups is 2. The molecule has 2 rings (SSSR count). The smallest absolute Gasteiger partial charge is 0.340 e. The van der Waals surface area contributed by atoms with Crippen LogP contribution < -0.4 is 0 Å². The molecule has 0 unspecified atom stereocenters. The average molecular weight is 334 g/mol. The predicted molar refractivity (Wildman–Crippen MR) is 78.7 cm³/mol. The van der Waals surface area contributed by atoms with Crippen molar-refractivity contribution in [2.45, 2.75) is 6.92 Å². The first kappa shape index (κ1) is 14.4. The standard InChI is InChI=1S/C15H12BrNO3/c1-2-20-15(19)12-7-8-13(17-14(12)9-18)10-3-5-11(16)6-4-10/h3-9H,2H2,1H3. The Morgan fingerprint density at radius 2 is 1.95 bits per heavy atom. The van der Waals surface area contributed by atoms with Crippen LogP contribution in [-0.4, -0.2) is 23.8 Å². The second kappa shape index (κ2) is 6.43. The van der Waals surface area contributed by atoms with E-state index in [9.17, 15) is 9.59 Å². The van der Waals surface area contributed by atoms with Gasteiger partial charge in [-0.05, 0) is 31.2 Å². The monoisotopic (exact) mass is 333 g/mol. The van der Waals surface area contributed by atoms with Crippen molar-refractivity contribution in [2.75, 3.05) is 6.61 Å². The maximum absolute atomic E-state index is 11.7. The van der Waals surface area contributed by atoms with Gasteiger partial charge in [0.2, 0.25) is 0 Å². The van der Waals surface area contributed by atoms with Crippen LogP contribution in [0.4, 0.5) is 0 Å². The summed E-state index contributed by atoms with van der Waals surface area (Å²) in [4.78, 5) is 27.0. The largest absolute Gasteiger partial charge is 0.462 e. The summed E-state index contributed by atoms with van der Waals surface area (Å²) < 4.78 is 5.85. The topological polar surface area (TPSA) is 56.3 Å². The van der Waals surface area contributed by atoms with Crippen molar-refractivity contribution in [2.24, 2.45) is 0 Å². The van der Waals surface area contributed by atoms with E-state index in [1.54, 1.807) is 19.1 Å². The van der Waals surface area contributed by atoms with Crippen LogP contribution in [0.25, 0.3) is 11.3 Å². The molecule has 0 spiro atoms. The first-order valence-corrected chi connectivity index (χ1v) is 6.84. The lowest BCUT2D eigenvalue weighted by Gasteiger charge is -2.06. The second-order valence-electron chi connectivity index (χ2n) is 3.97. The summed E-state index contributed by atoms with van der Waals surface area (Å²) in [5.74, 6) is -0.538. The molecule has 1 heterocycles. The van der Waals surface area contributed by atoms with Gasteiger partial charge in [0.05, 0.1) is 17.9 Å². The van der Waals surface area contributed by atoms with Gasteiger partial charge < -0.3 is 4.74 Å². The number of halogens is 1. The highest BCUT2D eigenvalue weighted by Gasteiger charge is 2.14. The molecule has 0 atom stereocenters. The summed E-state index contributed by atoms with van der Waals surface area (Å²) in [6.45, 7) is 1.97. The summed E-state index contributed by atoms with van der Waals surface area (Å²) in [6.07, 6.45) is 0.564. The second-order valence-corrected chi connectivity index (χ2v) is 4.89. The first-order valence-electron chi connectivity index (χ1n) is 6.05. The SMILES string of the molecule is CCOC(=O)c1ccc(-c2ccc(Br)cc2)nc1C=O. The van der Waals surface area contributed by atoms with E-state index >= 15 is 0 Å². The van der Waals surface area contributed by atoms with E-state index in [2.05, 4.69) is 20.9 Å². The molecule has 4 nitrogen and oxygen atoms in total. The molecule has 5 heteroatoms. The number of ether oxygens (including phenoxy) is 1. The molecule has 0 N–H and O–H groups in total. The maximum atomic E-state index is 11.7. The van der Waals surface area contributed by atoms with Crippen molar-refractivity contribution in [1.82, 2.24) is 4.98 Å². The Kier molecular flexibility index (Phi) is 4.63. The molecule has 2 aromatic rings. The van der Waals surface area contributed by atoms with E-state index in [1.807, 2.05) is 24.3 Å². The lowest BCUT2D eigenvalue weighted by molar-refractivity contribution is 0.0523. The zero-order chi connectivity index (χ0) is 14.5. The number of aromatic nitrogens is 1. The van der Waals surface area contributed by atoms with Crippen molar-refractivity contribution in [3.05, 3.63) is 52.1 Å². The van der Waals surface area contributed by atoms with Crippen LogP contribution in [0.1, 0.15) is 27.8 Å². The fourth-order valence-corrected chi connectivity index (χ4v) is 1.99. The Bertz CT molecular complexity index is 638. The molecule has 0 radical (unpaired) electrons. The van der Waals surface area contributed by atoms with Gasteiger partial charge in [-0.3, -0.25) is 4.79 Å². The van der Waals surface area contributed by atoms with Gasteiger partial charge in [-0.1, -0.05) is 28.1 Å². The number of esters is 1. The Hall–Kier alpha value is -2.01. The van der Waals surface area contributed by atoms with Crippen LogP contribution in [-0.2, 0) is 4.74 Å². The van der Waals surface area contributed by atoms with Crippen molar-refractivity contribution in [3.63, 3.8) is 0 Å². The summed E-state index contributed by atoms with van der Waals surface area (Å²) in [5.41, 5.74) is 1.77. The van der Waals surface area contributed by atoms with E-state index < -0.39 is 5.97 Å². The number of aldehydes is 1. The zero-order valence-electron chi connectivity index (χ0n) is 10.8. The average Bonchev–Trinajstić information content (AvgIpc) is 2.47. The highest BCUT2D eigenvalue weighted by Crippen LogP contribution is 2.21. The molecular formula is C15H12BrNO3. The van der Waals surface area contributed by atoms with Crippen LogP contribution in [0.5, 0.6) is 0 Å². The van der Waals surface area contributed by atoms with Gasteiger partial charge >= 0.3 is 5.97 Å². The van der Waals surface area contributed by atoms with Crippen molar-refractivity contribution in [1.29, 1.82) is 0 Å². The quantitative estimate of drug-likeness (QED) is 0.634. The molecule has 0 aliphatic rings. The number of rotatable bonds is 4. The van der Waals surface area contributed by atoms with E-state index in [-0.39, 0.29) is 17.9 Å². The molecule has 0 amide bonds. The van der Waals surface area contributed by atoms with Gasteiger partial charge in [-0.2, -0.15) is 0 Å². The molecule has 20 heavy (non-hydrogen) atoms. The molecule has 0 bridgehead atoms. The van der Waals surface area contributed by atoms with Gasteiger partial charge in [0.25, 0.3) is 0 Å². The number of hydrogen-bond acceptors (Lipinski definition) is 4. The third-order valence-corrected chi connectivity index (χ3v) is 3.20. The molecule has 0 saturated heterocycles. The number of carbonyl (C=O) groups excluding carboxylic acids is 2. The van der Waals surface area contributed by atoms with Crippen LogP contribution in [0.15, 0.2) is 40.9 Å². The number of pyridine rings is 1. The normalized spacial score (nSPS) is 10.1. The molecule has 0 saturated carbocycles. The van der Waals surface area contributed by atoms with Crippen LogP contribution in [0, 0.1) is 0 Å². The third kappa shape index (κ3) is 3.11. The number of nitrogens with zero attached hydrogens (tertiary/aromatic N) is 1. The molecule has 1 aromatic heterocycles. The minimum Gasteiger partial charge on any atom is -0.462 e. The van der Waals surface area contributed by atoms with Crippen LogP contribution >= 0.6 is 15.9 Å². The third-order valence-electron chi connectivity index (χ3n) is 2.67. The molecule has 102 valence electrons. The maximum Gasteiger partial charge on any atom is 0.340 e. The Morgan fingerprint density at radius 1 is 1.25 bits per heavy atom. The van der Waals surface area contributed by atoms with Crippen LogP contribution in [0.2, 0.25) is 0 Å². The van der Waals surface area contributed by atoms with E-state index in [1.165, 1.54) is 0 Å². The lowest BCUT2D eigenvalue weighted by Crippen LogP contribution is -2.09. The van der Waals surface area contributed by atoms with E-state index in [4.69, 9.17) is 4.74 Å². The highest BCUT2D eigenvalue weighted by atomic mass is 79.9. The fraction of sp³-hybridized carbons (Fsp3) is 0.133. The predicted octanol–water partition coefficient (Wildman–Crippen LogP) is 3.50. The van der Waals surface area contributed by atoms with Gasteiger partial charge in [0.1, 0.15) is 5.69 Å². The van der Waals surface area contributed by atoms with Gasteiger partial charge in [-0.15, -0.1) is 0 Å². The van der Waals surface area contributed by atoms with Crippen molar-refractivity contribution < 1.29 is 14.3 Å². The van der Waals surface area contributed by atoms with E-state index in [0.717, 1.165) is 10.0 Å². The minimum atomic E-state index is -0.538. The summed E-state index contributed by atoms with van der Waals surface area (Å²) in [5, 5.41) is 0. The number of benzene rings is 1. The summed E-state index contributed by atoms with van der Waals surface area (Å²) >= 11 is 3.36. The molecule has 1 aromatic carbocycles. The highest BCUT2D eigenvalue weighted by molar-refractivity contribution is 9.10. The van der Waals surface area contributed by atoms with Crippen LogP contribution in [0.3, 0.4) is 0 Å². The Labute approximate surface area is 124 Å². The van der Waals surface area contributed by atoms with Crippen molar-refractivity contribution >= 4 is 28.2 Å². The Balaban J connectivity index is 2.41. The molecule has 0 aliphatic heterocycles. The molecule has 0 fully saturated rings. The van der Waals surface area contributed by atoms with Crippen molar-refractivity contribution in [3.8, 4) is 11.3 Å². The fourth-order valence-electron chi connectivity index (χ4n) is 1.73. The summed E-state index contributed by atoms with van der Waals surface area (Å²) in [7, 11) is 0.